The first-order valence-electron chi connectivity index (χ1n) is 9.88. The minimum Gasteiger partial charge on any atom is -0.478 e. The van der Waals surface area contributed by atoms with Crippen LogP contribution in [0.2, 0.25) is 0 Å². The molecule has 0 radical (unpaired) electrons. The molecule has 0 spiro atoms. The maximum absolute atomic E-state index is 13.1. The minimum atomic E-state index is -0.0343. The third-order valence-electron chi connectivity index (χ3n) is 5.05. The van der Waals surface area contributed by atoms with E-state index in [1.54, 1.807) is 10.9 Å². The molecule has 3 heterocycles. The highest BCUT2D eigenvalue weighted by molar-refractivity contribution is 5.93. The van der Waals surface area contributed by atoms with E-state index in [0.717, 1.165) is 30.0 Å². The molecular formula is C22H25N5O2. The van der Waals surface area contributed by atoms with E-state index < -0.39 is 0 Å². The predicted molar refractivity (Wildman–Crippen MR) is 111 cm³/mol. The van der Waals surface area contributed by atoms with Crippen molar-refractivity contribution in [1.29, 1.82) is 0 Å². The molecule has 29 heavy (non-hydrogen) atoms. The van der Waals surface area contributed by atoms with Gasteiger partial charge in [0.15, 0.2) is 5.69 Å². The summed E-state index contributed by atoms with van der Waals surface area (Å²) >= 11 is 0. The number of carbonyl (C=O) groups excluding carboxylic acids is 1. The van der Waals surface area contributed by atoms with Crippen LogP contribution in [0.15, 0.2) is 54.7 Å². The third-order valence-corrected chi connectivity index (χ3v) is 5.05. The topological polar surface area (TPSA) is 63.5 Å². The number of hydrogen-bond donors (Lipinski definition) is 0. The molecule has 1 fully saturated rings. The number of hydrogen-bond acceptors (Lipinski definition) is 5. The molecule has 0 atom stereocenters. The fourth-order valence-electron chi connectivity index (χ4n) is 3.40. The molecule has 1 saturated heterocycles. The van der Waals surface area contributed by atoms with Gasteiger partial charge in [0.05, 0.1) is 24.2 Å². The van der Waals surface area contributed by atoms with Crippen molar-refractivity contribution in [2.75, 3.05) is 39.8 Å². The van der Waals surface area contributed by atoms with Crippen molar-refractivity contribution in [3.05, 3.63) is 60.4 Å². The Kier molecular flexibility index (Phi) is 5.57. The molecule has 7 heteroatoms. The Morgan fingerprint density at radius 3 is 2.48 bits per heavy atom. The lowest BCUT2D eigenvalue weighted by Gasteiger charge is -2.31. The molecule has 1 aliphatic heterocycles. The van der Waals surface area contributed by atoms with Crippen molar-refractivity contribution in [3.8, 4) is 22.8 Å². The van der Waals surface area contributed by atoms with Crippen molar-refractivity contribution in [3.63, 3.8) is 0 Å². The molecule has 4 rings (SSSR count). The zero-order valence-corrected chi connectivity index (χ0v) is 16.8. The molecule has 1 aromatic carbocycles. The summed E-state index contributed by atoms with van der Waals surface area (Å²) in [6.45, 7) is 5.67. The number of amides is 1. The van der Waals surface area contributed by atoms with Crippen LogP contribution in [0.1, 0.15) is 17.4 Å². The highest BCUT2D eigenvalue weighted by atomic mass is 16.5. The molecular weight excluding hydrogens is 366 g/mol. The zero-order chi connectivity index (χ0) is 20.2. The molecule has 0 aliphatic carbocycles. The van der Waals surface area contributed by atoms with Gasteiger partial charge in [-0.05, 0) is 26.1 Å². The smallest absolute Gasteiger partial charge is 0.274 e. The first-order valence-corrected chi connectivity index (χ1v) is 9.88. The average Bonchev–Trinajstić information content (AvgIpc) is 3.21. The van der Waals surface area contributed by atoms with Crippen LogP contribution in [0.3, 0.4) is 0 Å². The lowest BCUT2D eigenvalue weighted by atomic mass is 10.1. The van der Waals surface area contributed by atoms with Crippen LogP contribution in [0.25, 0.3) is 16.9 Å². The molecule has 2 aromatic heterocycles. The van der Waals surface area contributed by atoms with Gasteiger partial charge in [-0.25, -0.2) is 9.67 Å². The van der Waals surface area contributed by atoms with Crippen LogP contribution in [0.4, 0.5) is 0 Å². The Balaban J connectivity index is 1.70. The second-order valence-corrected chi connectivity index (χ2v) is 7.08. The number of nitrogens with zero attached hydrogens (tertiary/aromatic N) is 5. The lowest BCUT2D eigenvalue weighted by molar-refractivity contribution is 0.0657. The van der Waals surface area contributed by atoms with Gasteiger partial charge in [0.25, 0.3) is 5.91 Å². The SMILES string of the molecule is CCOc1ccc(-n2nc(C(=O)N3CCN(C)CC3)cc2-c2ccccc2)cn1. The number of benzene rings is 1. The summed E-state index contributed by atoms with van der Waals surface area (Å²) in [5.74, 6) is 0.534. The maximum atomic E-state index is 13.1. The van der Waals surface area contributed by atoms with Crippen LogP contribution < -0.4 is 4.74 Å². The second kappa shape index (κ2) is 8.45. The number of carbonyl (C=O) groups is 1. The normalized spacial score (nSPS) is 14.8. The van der Waals surface area contributed by atoms with Gasteiger partial charge in [-0.1, -0.05) is 30.3 Å². The molecule has 1 amide bonds. The number of rotatable bonds is 5. The van der Waals surface area contributed by atoms with Crippen LogP contribution in [0, 0.1) is 0 Å². The highest BCUT2D eigenvalue weighted by Gasteiger charge is 2.24. The van der Waals surface area contributed by atoms with Crippen molar-refractivity contribution >= 4 is 5.91 Å². The van der Waals surface area contributed by atoms with Gasteiger partial charge >= 0.3 is 0 Å². The monoisotopic (exact) mass is 391 g/mol. The lowest BCUT2D eigenvalue weighted by Crippen LogP contribution is -2.47. The standard InChI is InChI=1S/C22H25N5O2/c1-3-29-21-10-9-18(16-23-21)27-20(17-7-5-4-6-8-17)15-19(24-27)22(28)26-13-11-25(2)12-14-26/h4-10,15-16H,3,11-14H2,1-2H3. The Morgan fingerprint density at radius 2 is 1.83 bits per heavy atom. The predicted octanol–water partition coefficient (Wildman–Crippen LogP) is 2.72. The molecule has 7 nitrogen and oxygen atoms in total. The van der Waals surface area contributed by atoms with E-state index in [0.29, 0.717) is 31.3 Å². The molecule has 0 saturated carbocycles. The molecule has 1 aliphatic rings. The fourth-order valence-corrected chi connectivity index (χ4v) is 3.40. The Morgan fingerprint density at radius 1 is 1.07 bits per heavy atom. The minimum absolute atomic E-state index is 0.0343. The van der Waals surface area contributed by atoms with E-state index in [1.165, 1.54) is 0 Å². The van der Waals surface area contributed by atoms with E-state index in [9.17, 15) is 4.79 Å². The van der Waals surface area contributed by atoms with Gasteiger partial charge in [-0.3, -0.25) is 4.79 Å². The van der Waals surface area contributed by atoms with Gasteiger partial charge in [0.1, 0.15) is 0 Å². The molecule has 150 valence electrons. The van der Waals surface area contributed by atoms with Gasteiger partial charge in [-0.15, -0.1) is 0 Å². The van der Waals surface area contributed by atoms with Crippen molar-refractivity contribution in [1.82, 2.24) is 24.6 Å². The maximum Gasteiger partial charge on any atom is 0.274 e. The number of likely N-dealkylation sites (N-methyl/N-ethyl adjacent to an activating group) is 1. The summed E-state index contributed by atoms with van der Waals surface area (Å²) in [5.41, 5.74) is 3.08. The molecule has 0 unspecified atom stereocenters. The largest absolute Gasteiger partial charge is 0.478 e. The second-order valence-electron chi connectivity index (χ2n) is 7.08. The fraction of sp³-hybridized carbons (Fsp3) is 0.318. The van der Waals surface area contributed by atoms with Crippen molar-refractivity contribution in [2.45, 2.75) is 6.92 Å². The van der Waals surface area contributed by atoms with Gasteiger partial charge in [0, 0.05) is 37.8 Å². The summed E-state index contributed by atoms with van der Waals surface area (Å²) < 4.78 is 7.22. The van der Waals surface area contributed by atoms with E-state index in [1.807, 2.05) is 60.4 Å². The average molecular weight is 391 g/mol. The quantitative estimate of drug-likeness (QED) is 0.669. The summed E-state index contributed by atoms with van der Waals surface area (Å²) in [5, 5.41) is 4.66. The number of pyridine rings is 1. The first kappa shape index (κ1) is 19.1. The zero-order valence-electron chi connectivity index (χ0n) is 16.8. The summed E-state index contributed by atoms with van der Waals surface area (Å²) in [4.78, 5) is 21.5. The summed E-state index contributed by atoms with van der Waals surface area (Å²) in [6.07, 6.45) is 1.72. The molecule has 0 N–H and O–H groups in total. The summed E-state index contributed by atoms with van der Waals surface area (Å²) in [6, 6.07) is 15.5. The van der Waals surface area contributed by atoms with Crippen molar-refractivity contribution in [2.24, 2.45) is 0 Å². The van der Waals surface area contributed by atoms with E-state index >= 15 is 0 Å². The number of aromatic nitrogens is 3. The van der Waals surface area contributed by atoms with E-state index in [-0.39, 0.29) is 5.91 Å². The van der Waals surface area contributed by atoms with Gasteiger partial charge in [-0.2, -0.15) is 5.10 Å². The Labute approximate surface area is 170 Å². The van der Waals surface area contributed by atoms with Crippen LogP contribution in [0.5, 0.6) is 5.88 Å². The number of ether oxygens (including phenoxy) is 1. The van der Waals surface area contributed by atoms with Crippen molar-refractivity contribution < 1.29 is 9.53 Å². The van der Waals surface area contributed by atoms with Gasteiger partial charge < -0.3 is 14.5 Å². The van der Waals surface area contributed by atoms with E-state index in [4.69, 9.17) is 4.74 Å². The van der Waals surface area contributed by atoms with Crippen LogP contribution in [-0.4, -0.2) is 70.3 Å². The Bertz CT molecular complexity index is 961. The molecule has 3 aromatic rings. The van der Waals surface area contributed by atoms with Gasteiger partial charge in [0.2, 0.25) is 5.88 Å². The first-order chi connectivity index (χ1) is 14.2. The Hall–Kier alpha value is -3.19. The molecule has 0 bridgehead atoms. The highest BCUT2D eigenvalue weighted by Crippen LogP contribution is 2.25. The van der Waals surface area contributed by atoms with Crippen LogP contribution in [-0.2, 0) is 0 Å². The van der Waals surface area contributed by atoms with Crippen LogP contribution >= 0.6 is 0 Å². The van der Waals surface area contributed by atoms with E-state index in [2.05, 4.69) is 22.0 Å². The number of piperazine rings is 1. The third kappa shape index (κ3) is 4.14. The summed E-state index contributed by atoms with van der Waals surface area (Å²) in [7, 11) is 2.07.